The molecule has 1 unspecified atom stereocenters. The van der Waals surface area contributed by atoms with Gasteiger partial charge in [-0.3, -0.25) is 4.90 Å². The molecule has 2 heteroatoms. The molecule has 0 heterocycles. The lowest BCUT2D eigenvalue weighted by molar-refractivity contribution is 0.115. The van der Waals surface area contributed by atoms with Gasteiger partial charge in [0.1, 0.15) is 0 Å². The van der Waals surface area contributed by atoms with Crippen LogP contribution in [0.15, 0.2) is 0 Å². The molecule has 0 aliphatic heterocycles. The zero-order valence-electron chi connectivity index (χ0n) is 14.7. The Kier molecular flexibility index (Phi) is 8.93. The van der Waals surface area contributed by atoms with Crippen LogP contribution in [0.4, 0.5) is 0 Å². The normalized spacial score (nSPS) is 14.7. The number of nitrogens with one attached hydrogen (secondary N) is 1. The van der Waals surface area contributed by atoms with E-state index in [0.29, 0.717) is 11.5 Å². The molecular formula is C17H38N2. The summed E-state index contributed by atoms with van der Waals surface area (Å²) in [6.45, 7) is 22.0. The average molecular weight is 271 g/mol. The smallest absolute Gasteiger partial charge is 0.0243 e. The Labute approximate surface area is 122 Å². The number of hydrogen-bond acceptors (Lipinski definition) is 2. The Bertz CT molecular complexity index is 214. The lowest BCUT2D eigenvalue weighted by Gasteiger charge is -2.40. The van der Waals surface area contributed by atoms with Crippen molar-refractivity contribution < 1.29 is 0 Å². The molecule has 0 aliphatic carbocycles. The van der Waals surface area contributed by atoms with Gasteiger partial charge in [-0.1, -0.05) is 55.4 Å². The highest BCUT2D eigenvalue weighted by molar-refractivity contribution is 4.85. The highest BCUT2D eigenvalue weighted by Gasteiger charge is 2.28. The van der Waals surface area contributed by atoms with E-state index in [1.54, 1.807) is 0 Å². The lowest BCUT2D eigenvalue weighted by atomic mass is 9.85. The van der Waals surface area contributed by atoms with E-state index in [-0.39, 0.29) is 0 Å². The molecule has 0 spiro atoms. The van der Waals surface area contributed by atoms with Crippen molar-refractivity contribution in [2.75, 3.05) is 19.6 Å². The molecule has 0 saturated carbocycles. The molecule has 116 valence electrons. The van der Waals surface area contributed by atoms with Crippen LogP contribution in [0, 0.1) is 11.3 Å². The molecule has 0 aromatic carbocycles. The minimum absolute atomic E-state index is 0.317. The third-order valence-electron chi connectivity index (χ3n) is 3.97. The van der Waals surface area contributed by atoms with Crippen molar-refractivity contribution in [1.29, 1.82) is 0 Å². The summed E-state index contributed by atoms with van der Waals surface area (Å²) in [4.78, 5) is 2.71. The van der Waals surface area contributed by atoms with E-state index in [9.17, 15) is 0 Å². The van der Waals surface area contributed by atoms with Crippen molar-refractivity contribution in [2.24, 2.45) is 11.3 Å². The van der Waals surface area contributed by atoms with Crippen LogP contribution < -0.4 is 5.32 Å². The van der Waals surface area contributed by atoms with Gasteiger partial charge in [-0.25, -0.2) is 0 Å². The number of nitrogens with zero attached hydrogens (tertiary/aromatic N) is 1. The number of rotatable bonds is 9. The summed E-state index contributed by atoms with van der Waals surface area (Å²) in [5.74, 6) is 0.739. The Balaban J connectivity index is 4.83. The molecule has 1 N–H and O–H groups in total. The summed E-state index contributed by atoms with van der Waals surface area (Å²) in [5.41, 5.74) is 0.317. The predicted octanol–water partition coefficient (Wildman–Crippen LogP) is 4.16. The second-order valence-corrected chi connectivity index (χ2v) is 7.29. The largest absolute Gasteiger partial charge is 0.312 e. The third-order valence-corrected chi connectivity index (χ3v) is 3.97. The minimum atomic E-state index is 0.317. The first kappa shape index (κ1) is 18.9. The van der Waals surface area contributed by atoms with Crippen LogP contribution in [0.1, 0.15) is 68.2 Å². The summed E-state index contributed by atoms with van der Waals surface area (Å²) in [7, 11) is 0. The van der Waals surface area contributed by atoms with Crippen LogP contribution in [0.25, 0.3) is 0 Å². The van der Waals surface area contributed by atoms with E-state index in [4.69, 9.17) is 0 Å². The van der Waals surface area contributed by atoms with Gasteiger partial charge in [0, 0.05) is 25.2 Å². The Hall–Kier alpha value is -0.0800. The Morgan fingerprint density at radius 1 is 0.947 bits per heavy atom. The fourth-order valence-corrected chi connectivity index (χ4v) is 2.77. The highest BCUT2D eigenvalue weighted by Crippen LogP contribution is 2.22. The zero-order chi connectivity index (χ0) is 15.1. The van der Waals surface area contributed by atoms with E-state index in [2.05, 4.69) is 65.6 Å². The van der Waals surface area contributed by atoms with E-state index in [1.807, 2.05) is 0 Å². The maximum absolute atomic E-state index is 3.69. The summed E-state index contributed by atoms with van der Waals surface area (Å²) in [6, 6.07) is 1.29. The fraction of sp³-hybridized carbons (Fsp3) is 1.00. The summed E-state index contributed by atoms with van der Waals surface area (Å²) >= 11 is 0. The van der Waals surface area contributed by atoms with Crippen LogP contribution in [0.5, 0.6) is 0 Å². The van der Waals surface area contributed by atoms with Gasteiger partial charge in [-0.2, -0.15) is 0 Å². The first-order valence-electron chi connectivity index (χ1n) is 8.23. The monoisotopic (exact) mass is 270 g/mol. The molecule has 2 nitrogen and oxygen atoms in total. The fourth-order valence-electron chi connectivity index (χ4n) is 2.77. The second kappa shape index (κ2) is 8.97. The van der Waals surface area contributed by atoms with Gasteiger partial charge in [-0.15, -0.1) is 0 Å². The van der Waals surface area contributed by atoms with Gasteiger partial charge in [0.05, 0.1) is 0 Å². The maximum atomic E-state index is 3.69. The van der Waals surface area contributed by atoms with Crippen molar-refractivity contribution >= 4 is 0 Å². The Morgan fingerprint density at radius 3 is 1.79 bits per heavy atom. The van der Waals surface area contributed by atoms with Gasteiger partial charge >= 0.3 is 0 Å². The molecule has 1 atom stereocenters. The first-order valence-corrected chi connectivity index (χ1v) is 8.23. The molecule has 0 amide bonds. The molecule has 0 aromatic rings. The van der Waals surface area contributed by atoms with Gasteiger partial charge in [0.2, 0.25) is 0 Å². The number of likely N-dealkylation sites (N-methyl/N-ethyl adjacent to an activating group) is 1. The van der Waals surface area contributed by atoms with E-state index < -0.39 is 0 Å². The van der Waals surface area contributed by atoms with Crippen molar-refractivity contribution in [3.8, 4) is 0 Å². The van der Waals surface area contributed by atoms with Gasteiger partial charge < -0.3 is 5.32 Å². The van der Waals surface area contributed by atoms with Crippen LogP contribution in [-0.2, 0) is 0 Å². The summed E-state index contributed by atoms with van der Waals surface area (Å²) in [5, 5.41) is 3.69. The topological polar surface area (TPSA) is 15.3 Å². The maximum Gasteiger partial charge on any atom is 0.0243 e. The van der Waals surface area contributed by atoms with Crippen molar-refractivity contribution in [3.05, 3.63) is 0 Å². The van der Waals surface area contributed by atoms with E-state index >= 15 is 0 Å². The van der Waals surface area contributed by atoms with E-state index in [1.165, 1.54) is 25.9 Å². The molecule has 19 heavy (non-hydrogen) atoms. The van der Waals surface area contributed by atoms with Crippen LogP contribution in [0.2, 0.25) is 0 Å². The molecule has 0 bridgehead atoms. The number of hydrogen-bond donors (Lipinski definition) is 1. The highest BCUT2D eigenvalue weighted by atomic mass is 15.2. The Morgan fingerprint density at radius 2 is 1.47 bits per heavy atom. The molecule has 0 aliphatic rings. The zero-order valence-corrected chi connectivity index (χ0v) is 14.7. The van der Waals surface area contributed by atoms with Crippen molar-refractivity contribution in [1.82, 2.24) is 10.2 Å². The average Bonchev–Trinajstić information content (AvgIpc) is 2.27. The standard InChI is InChI=1S/C17H38N2/c1-9-15(10-2)19(12-14(4)5)13-16(18-11-3)17(6,7)8/h14-16,18H,9-13H2,1-8H3. The molecule has 0 fully saturated rings. The van der Waals surface area contributed by atoms with Crippen LogP contribution in [-0.4, -0.2) is 36.6 Å². The first-order chi connectivity index (χ1) is 8.76. The van der Waals surface area contributed by atoms with Gasteiger partial charge in [0.15, 0.2) is 0 Å². The van der Waals surface area contributed by atoms with Crippen LogP contribution >= 0.6 is 0 Å². The molecule has 0 rings (SSSR count). The molecule has 0 aromatic heterocycles. The van der Waals surface area contributed by atoms with Crippen molar-refractivity contribution in [2.45, 2.75) is 80.3 Å². The second-order valence-electron chi connectivity index (χ2n) is 7.29. The third kappa shape index (κ3) is 7.31. The van der Waals surface area contributed by atoms with Gasteiger partial charge in [-0.05, 0) is 30.7 Å². The molecular weight excluding hydrogens is 232 g/mol. The lowest BCUT2D eigenvalue weighted by Crippen LogP contribution is -2.51. The summed E-state index contributed by atoms with van der Waals surface area (Å²) < 4.78 is 0. The predicted molar refractivity (Wildman–Crippen MR) is 87.7 cm³/mol. The molecule has 0 saturated heterocycles. The van der Waals surface area contributed by atoms with Gasteiger partial charge in [0.25, 0.3) is 0 Å². The summed E-state index contributed by atoms with van der Waals surface area (Å²) in [6.07, 6.45) is 2.51. The quantitative estimate of drug-likeness (QED) is 0.677. The SMILES string of the molecule is CCNC(CN(CC(C)C)C(CC)CC)C(C)(C)C. The van der Waals surface area contributed by atoms with Crippen molar-refractivity contribution in [3.63, 3.8) is 0 Å². The minimum Gasteiger partial charge on any atom is -0.312 e. The van der Waals surface area contributed by atoms with Crippen LogP contribution in [0.3, 0.4) is 0 Å². The molecule has 0 radical (unpaired) electrons. The van der Waals surface area contributed by atoms with E-state index in [0.717, 1.165) is 18.5 Å².